The summed E-state index contributed by atoms with van der Waals surface area (Å²) in [4.78, 5) is 47.3. The Kier molecular flexibility index (Phi) is 12.1. The number of carbonyl (C=O) groups is 2. The van der Waals surface area contributed by atoms with Crippen molar-refractivity contribution in [3.05, 3.63) is 75.0 Å². The Balaban J connectivity index is 0.800. The van der Waals surface area contributed by atoms with Gasteiger partial charge in [-0.05, 0) is 92.0 Å². The van der Waals surface area contributed by atoms with E-state index in [0.29, 0.717) is 69.2 Å². The Hall–Kier alpha value is -3.75. The summed E-state index contributed by atoms with van der Waals surface area (Å²) in [6.07, 6.45) is 11.2. The maximum Gasteiger partial charge on any atom is 0.272 e. The minimum atomic E-state index is -0.664. The van der Waals surface area contributed by atoms with Crippen LogP contribution in [0.1, 0.15) is 105 Å². The number of carbonyl (C=O) groups excluding carboxylic acids is 2. The molecule has 5 aliphatic rings. The fraction of sp³-hybridized carbons (Fsp3) is 0.636. The number of H-pyrrole nitrogens is 1. The van der Waals surface area contributed by atoms with Crippen LogP contribution in [0.15, 0.2) is 41.2 Å². The summed E-state index contributed by atoms with van der Waals surface area (Å²) in [5.41, 5.74) is 8.47. The van der Waals surface area contributed by atoms with Crippen molar-refractivity contribution in [2.45, 2.75) is 114 Å². The Bertz CT molecular complexity index is 1960. The molecular weight excluding hydrogens is 726 g/mol. The fourth-order valence-corrected chi connectivity index (χ4v) is 9.79. The molecule has 5 fully saturated rings. The Labute approximate surface area is 334 Å². The van der Waals surface area contributed by atoms with Crippen LogP contribution in [0.25, 0.3) is 10.8 Å². The van der Waals surface area contributed by atoms with Gasteiger partial charge in [0, 0.05) is 70.7 Å². The van der Waals surface area contributed by atoms with E-state index in [1.807, 2.05) is 28.0 Å². The van der Waals surface area contributed by atoms with Gasteiger partial charge in [0.05, 0.1) is 34.9 Å². The quantitative estimate of drug-likeness (QED) is 0.261. The zero-order valence-electron chi connectivity index (χ0n) is 33.5. The fourth-order valence-electron chi connectivity index (χ4n) is 9.79. The third-order valence-electron chi connectivity index (χ3n) is 13.8. The summed E-state index contributed by atoms with van der Waals surface area (Å²) in [7, 11) is 0. The average molecular weight is 786 g/mol. The first-order valence-electron chi connectivity index (χ1n) is 21.5. The number of ether oxygens (including phenoxy) is 1. The molecule has 0 spiro atoms. The number of β-amino-alcohol motifs (C(OH)–C–C–N with tert-alkyl or cyclic N) is 1. The molecule has 2 saturated carbocycles. The summed E-state index contributed by atoms with van der Waals surface area (Å²) >= 11 is 0. The van der Waals surface area contributed by atoms with Gasteiger partial charge in [-0.15, -0.1) is 0 Å². The normalized spacial score (nSPS) is 22.8. The highest BCUT2D eigenvalue weighted by Crippen LogP contribution is 2.49. The number of piperidine rings is 2. The van der Waals surface area contributed by atoms with Crippen LogP contribution >= 0.6 is 0 Å². The van der Waals surface area contributed by atoms with E-state index in [4.69, 9.17) is 10.5 Å². The van der Waals surface area contributed by atoms with Crippen molar-refractivity contribution < 1.29 is 23.8 Å². The van der Waals surface area contributed by atoms with Crippen LogP contribution in [0.3, 0.4) is 0 Å². The highest BCUT2D eigenvalue weighted by molar-refractivity contribution is 5.95. The van der Waals surface area contributed by atoms with E-state index in [2.05, 4.69) is 22.0 Å². The molecule has 8 rings (SSSR count). The smallest absolute Gasteiger partial charge is 0.272 e. The van der Waals surface area contributed by atoms with Crippen LogP contribution in [-0.2, 0) is 21.4 Å². The lowest BCUT2D eigenvalue weighted by molar-refractivity contribution is -0.138. The maximum atomic E-state index is 15.8. The van der Waals surface area contributed by atoms with Gasteiger partial charge in [0.2, 0.25) is 5.91 Å². The van der Waals surface area contributed by atoms with E-state index in [-0.39, 0.29) is 46.6 Å². The van der Waals surface area contributed by atoms with Crippen LogP contribution in [0.2, 0.25) is 0 Å². The number of aliphatic hydroxyl groups excluding tert-OH is 1. The number of aromatic nitrogens is 2. The molecular formula is C44H60FN7O5. The first kappa shape index (κ1) is 40.0. The van der Waals surface area contributed by atoms with E-state index >= 15 is 4.39 Å². The summed E-state index contributed by atoms with van der Waals surface area (Å²) in [6.45, 7) is 7.53. The van der Waals surface area contributed by atoms with Crippen LogP contribution in [0, 0.1) is 11.7 Å². The molecule has 13 heteroatoms. The number of amides is 2. The van der Waals surface area contributed by atoms with Crippen molar-refractivity contribution in [3.63, 3.8) is 0 Å². The van der Waals surface area contributed by atoms with Crippen LogP contribution in [-0.4, -0.2) is 130 Å². The van der Waals surface area contributed by atoms with Gasteiger partial charge in [-0.25, -0.2) is 9.49 Å². The zero-order valence-corrected chi connectivity index (χ0v) is 33.5. The molecule has 2 aliphatic carbocycles. The summed E-state index contributed by atoms with van der Waals surface area (Å²) in [5, 5.41) is 19.5. The van der Waals surface area contributed by atoms with E-state index in [9.17, 15) is 19.5 Å². The molecule has 2 atom stereocenters. The van der Waals surface area contributed by atoms with E-state index in [0.717, 1.165) is 81.0 Å². The van der Waals surface area contributed by atoms with Gasteiger partial charge in [-0.2, -0.15) is 5.10 Å². The number of piperazine rings is 1. The van der Waals surface area contributed by atoms with Crippen molar-refractivity contribution >= 4 is 22.6 Å². The molecule has 2 amide bonds. The predicted molar refractivity (Wildman–Crippen MR) is 216 cm³/mol. The molecule has 0 bridgehead atoms. The number of aromatic amines is 1. The molecule has 57 heavy (non-hydrogen) atoms. The third-order valence-corrected chi connectivity index (χ3v) is 13.8. The summed E-state index contributed by atoms with van der Waals surface area (Å²) in [5.74, 6) is -0.430. The van der Waals surface area contributed by atoms with Crippen molar-refractivity contribution in [3.8, 4) is 0 Å². The molecule has 2 aromatic carbocycles. The van der Waals surface area contributed by atoms with Gasteiger partial charge in [-0.3, -0.25) is 24.2 Å². The maximum absolute atomic E-state index is 15.8. The monoisotopic (exact) mass is 785 g/mol. The molecule has 4 N–H and O–H groups in total. The van der Waals surface area contributed by atoms with E-state index in [1.54, 1.807) is 17.0 Å². The van der Waals surface area contributed by atoms with E-state index in [1.165, 1.54) is 25.3 Å². The Morgan fingerprint density at radius 3 is 2.23 bits per heavy atom. The largest absolute Gasteiger partial charge is 0.377 e. The van der Waals surface area contributed by atoms with Crippen LogP contribution in [0.4, 0.5) is 4.39 Å². The standard InChI is InChI=1S/C44H60FN7O5/c1-44(15-16-44)36-27-37(45)35(25-30(36)26-38-33-9-5-6-10-34(33)41(54)48-47-38)42(55)52-23-21-50(22-24-52)39(53)28-49-17-11-31(12-18-49)57-32-13-19-51(20-14-32)43(56)40(46)29-7-3-2-4-8-29/h5-6,9-10,25,27,29,31-32,39-40,53H,2-4,7-8,11-24,26,28,46H2,1H3,(H,48,54)/t39?,40-/m1/s1. The van der Waals surface area contributed by atoms with Gasteiger partial charge < -0.3 is 25.4 Å². The molecule has 3 aliphatic heterocycles. The topological polar surface area (TPSA) is 148 Å². The predicted octanol–water partition coefficient (Wildman–Crippen LogP) is 4.16. The van der Waals surface area contributed by atoms with Gasteiger partial charge in [0.1, 0.15) is 12.0 Å². The van der Waals surface area contributed by atoms with Gasteiger partial charge in [0.25, 0.3) is 11.5 Å². The number of rotatable bonds is 11. The van der Waals surface area contributed by atoms with Gasteiger partial charge >= 0.3 is 0 Å². The number of likely N-dealkylation sites (tertiary alicyclic amines) is 2. The summed E-state index contributed by atoms with van der Waals surface area (Å²) in [6, 6.07) is 10.2. The molecule has 1 unspecified atom stereocenters. The molecule has 3 aromatic rings. The van der Waals surface area contributed by atoms with Crippen molar-refractivity contribution in [1.29, 1.82) is 0 Å². The van der Waals surface area contributed by atoms with Gasteiger partial charge in [0.15, 0.2) is 0 Å². The second-order valence-corrected chi connectivity index (χ2v) is 17.7. The molecule has 308 valence electrons. The molecule has 12 nitrogen and oxygen atoms in total. The number of nitrogens with one attached hydrogen (secondary N) is 1. The minimum absolute atomic E-state index is 0.0451. The molecule has 3 saturated heterocycles. The number of hydrogen-bond acceptors (Lipinski definition) is 9. The molecule has 4 heterocycles. The lowest BCUT2D eigenvalue weighted by atomic mass is 9.83. The second kappa shape index (κ2) is 17.2. The lowest BCUT2D eigenvalue weighted by Crippen LogP contribution is -2.55. The number of nitrogens with zero attached hydrogens (tertiary/aromatic N) is 5. The Morgan fingerprint density at radius 2 is 1.56 bits per heavy atom. The number of benzene rings is 2. The van der Waals surface area contributed by atoms with E-state index < -0.39 is 12.0 Å². The van der Waals surface area contributed by atoms with Crippen molar-refractivity contribution in [1.82, 2.24) is 29.8 Å². The van der Waals surface area contributed by atoms with Crippen molar-refractivity contribution in [2.24, 2.45) is 11.7 Å². The van der Waals surface area contributed by atoms with Crippen molar-refractivity contribution in [2.75, 3.05) is 58.9 Å². The number of nitrogens with two attached hydrogens (primary N) is 1. The highest BCUT2D eigenvalue weighted by Gasteiger charge is 2.42. The average Bonchev–Trinajstić information content (AvgIpc) is 4.00. The number of hydrogen-bond donors (Lipinski definition) is 3. The van der Waals surface area contributed by atoms with Gasteiger partial charge in [-0.1, -0.05) is 44.4 Å². The SMILES string of the molecule is CC1(c2cc(F)c(C(=O)N3CCN(C(O)CN4CCC(OC5CCN(C(=O)[C@H](N)C6CCCCC6)CC5)CC4)CC3)cc2Cc2n[nH]c(=O)c3ccccc23)CC1. The lowest BCUT2D eigenvalue weighted by Gasteiger charge is -2.41. The first-order valence-corrected chi connectivity index (χ1v) is 21.5. The molecule has 0 radical (unpaired) electrons. The van der Waals surface area contributed by atoms with Crippen LogP contribution in [0.5, 0.6) is 0 Å². The first-order chi connectivity index (χ1) is 27.6. The molecule has 1 aromatic heterocycles. The minimum Gasteiger partial charge on any atom is -0.377 e. The number of aliphatic hydroxyl groups is 1. The highest BCUT2D eigenvalue weighted by atomic mass is 19.1. The Morgan fingerprint density at radius 1 is 0.912 bits per heavy atom. The summed E-state index contributed by atoms with van der Waals surface area (Å²) < 4.78 is 22.3. The number of halogens is 1. The number of fused-ring (bicyclic) bond motifs is 1. The third kappa shape index (κ3) is 8.97. The van der Waals surface area contributed by atoms with Crippen LogP contribution < -0.4 is 11.3 Å². The zero-order chi connectivity index (χ0) is 39.7. The second-order valence-electron chi connectivity index (χ2n) is 17.7.